The number of benzene rings is 2. The Morgan fingerprint density at radius 1 is 0.878 bits per heavy atom. The summed E-state index contributed by atoms with van der Waals surface area (Å²) in [5, 5.41) is 0. The van der Waals surface area contributed by atoms with E-state index in [9.17, 15) is 9.59 Å². The van der Waals surface area contributed by atoms with Crippen molar-refractivity contribution in [2.45, 2.75) is 78.2 Å². The molecule has 2 amide bonds. The third-order valence-electron chi connectivity index (χ3n) is 6.92. The molecule has 3 aromatic rings. The van der Waals surface area contributed by atoms with Crippen LogP contribution in [0.3, 0.4) is 0 Å². The fraction of sp³-hybridized carbons (Fsp3) is 0.424. The van der Waals surface area contributed by atoms with Crippen molar-refractivity contribution in [2.75, 3.05) is 16.4 Å². The molecule has 2 heterocycles. The second-order valence-corrected chi connectivity index (χ2v) is 12.7. The predicted molar refractivity (Wildman–Crippen MR) is 158 cm³/mol. The van der Waals surface area contributed by atoms with Crippen LogP contribution in [0.1, 0.15) is 70.6 Å². The fourth-order valence-electron chi connectivity index (χ4n) is 5.02. The van der Waals surface area contributed by atoms with Crippen molar-refractivity contribution < 1.29 is 23.8 Å². The fourth-order valence-corrected chi connectivity index (χ4v) is 5.02. The lowest BCUT2D eigenvalue weighted by atomic mass is 10.1. The molecule has 2 aliphatic rings. The molecule has 0 bridgehead atoms. The molecule has 1 aromatic heterocycles. The molecule has 8 nitrogen and oxygen atoms in total. The van der Waals surface area contributed by atoms with Gasteiger partial charge in [-0.2, -0.15) is 0 Å². The van der Waals surface area contributed by atoms with Gasteiger partial charge < -0.3 is 14.2 Å². The summed E-state index contributed by atoms with van der Waals surface area (Å²) in [6, 6.07) is 19.7. The van der Waals surface area contributed by atoms with Gasteiger partial charge in [0.05, 0.1) is 31.1 Å². The first kappa shape index (κ1) is 28.6. The van der Waals surface area contributed by atoms with Crippen molar-refractivity contribution in [1.29, 1.82) is 0 Å². The number of amides is 2. The van der Waals surface area contributed by atoms with Crippen molar-refractivity contribution in [1.82, 2.24) is 4.98 Å². The van der Waals surface area contributed by atoms with Crippen LogP contribution >= 0.6 is 0 Å². The van der Waals surface area contributed by atoms with E-state index in [1.54, 1.807) is 17.2 Å². The Hall–Kier alpha value is -3.91. The van der Waals surface area contributed by atoms with E-state index in [-0.39, 0.29) is 6.54 Å². The second kappa shape index (κ2) is 11.2. The van der Waals surface area contributed by atoms with Crippen LogP contribution in [0.5, 0.6) is 0 Å². The molecule has 2 atom stereocenters. The lowest BCUT2D eigenvalue weighted by Gasteiger charge is -2.29. The first-order valence-corrected chi connectivity index (χ1v) is 14.1. The Labute approximate surface area is 242 Å². The number of pyridine rings is 1. The highest BCUT2D eigenvalue weighted by molar-refractivity contribution is 6.04. The van der Waals surface area contributed by atoms with Gasteiger partial charge in [0.1, 0.15) is 17.0 Å². The number of hydrogen-bond donors (Lipinski definition) is 0. The minimum Gasteiger partial charge on any atom is -0.443 e. The van der Waals surface area contributed by atoms with Crippen LogP contribution in [0.4, 0.5) is 26.8 Å². The van der Waals surface area contributed by atoms with Crippen LogP contribution in [0.2, 0.25) is 0 Å². The zero-order valence-electron chi connectivity index (χ0n) is 24.7. The van der Waals surface area contributed by atoms with E-state index in [1.807, 2.05) is 84.0 Å². The molecule has 0 radical (unpaired) electrons. The zero-order chi connectivity index (χ0) is 29.4. The molecular formula is C33H39N3O5. The normalized spacial score (nSPS) is 18.2. The van der Waals surface area contributed by atoms with Crippen molar-refractivity contribution in [3.63, 3.8) is 0 Å². The van der Waals surface area contributed by atoms with E-state index in [4.69, 9.17) is 14.2 Å². The number of nitrogens with zero attached hydrogens (tertiary/aromatic N) is 3. The predicted octanol–water partition coefficient (Wildman–Crippen LogP) is 7.73. The summed E-state index contributed by atoms with van der Waals surface area (Å²) in [7, 11) is 0. The monoisotopic (exact) mass is 557 g/mol. The van der Waals surface area contributed by atoms with Crippen LogP contribution < -0.4 is 9.80 Å². The minimum absolute atomic E-state index is 0.197. The summed E-state index contributed by atoms with van der Waals surface area (Å²) in [6.07, 6.45) is 1.58. The largest absolute Gasteiger partial charge is 0.443 e. The van der Waals surface area contributed by atoms with Gasteiger partial charge in [-0.1, -0.05) is 42.5 Å². The number of aromatic nitrogens is 1. The average Bonchev–Trinajstić information content (AvgIpc) is 3.68. The molecule has 1 aliphatic heterocycles. The zero-order valence-corrected chi connectivity index (χ0v) is 24.7. The van der Waals surface area contributed by atoms with E-state index in [0.717, 1.165) is 17.5 Å². The van der Waals surface area contributed by atoms with Gasteiger partial charge >= 0.3 is 12.2 Å². The standard InChI is InChI=1S/C33H39N3O5/c1-32(2,3)40-30(37)35-19-24-13-10-16-34-29(24)36(31(38)41-33(4,5)6)27-15-14-23(18-28(27)35)26-17-25(26)21-39-20-22-11-8-7-9-12-22/h7-16,18,25-26H,17,19-21H2,1-6H3. The van der Waals surface area contributed by atoms with Gasteiger partial charge in [0.2, 0.25) is 0 Å². The van der Waals surface area contributed by atoms with E-state index >= 15 is 0 Å². The summed E-state index contributed by atoms with van der Waals surface area (Å²) in [4.78, 5) is 34.9. The lowest BCUT2D eigenvalue weighted by Crippen LogP contribution is -2.37. The molecule has 5 rings (SSSR count). The summed E-state index contributed by atoms with van der Waals surface area (Å²) >= 11 is 0. The molecular weight excluding hydrogens is 518 g/mol. The molecule has 0 saturated heterocycles. The number of carbonyl (C=O) groups excluding carboxylic acids is 2. The molecule has 1 saturated carbocycles. The number of fused-ring (bicyclic) bond motifs is 2. The van der Waals surface area contributed by atoms with Crippen LogP contribution in [0.15, 0.2) is 66.9 Å². The SMILES string of the molecule is CC(C)(C)OC(=O)N1Cc2cccnc2N(C(=O)OC(C)(C)C)c2ccc(C3CC3COCc3ccccc3)cc21. The summed E-state index contributed by atoms with van der Waals surface area (Å²) < 4.78 is 17.6. The quantitative estimate of drug-likeness (QED) is 0.319. The summed E-state index contributed by atoms with van der Waals surface area (Å²) in [5.41, 5.74) is 2.64. The van der Waals surface area contributed by atoms with Crippen LogP contribution in [0.25, 0.3) is 0 Å². The Kier molecular flexibility index (Phi) is 7.79. The average molecular weight is 558 g/mol. The van der Waals surface area contributed by atoms with Gasteiger partial charge in [-0.15, -0.1) is 0 Å². The molecule has 0 N–H and O–H groups in total. The smallest absolute Gasteiger partial charge is 0.420 e. The summed E-state index contributed by atoms with van der Waals surface area (Å²) in [6.45, 7) is 12.4. The van der Waals surface area contributed by atoms with Crippen LogP contribution in [-0.2, 0) is 27.4 Å². The topological polar surface area (TPSA) is 81.2 Å². The highest BCUT2D eigenvalue weighted by Gasteiger charge is 2.41. The van der Waals surface area contributed by atoms with Gasteiger partial charge in [0.15, 0.2) is 0 Å². The Morgan fingerprint density at radius 3 is 2.29 bits per heavy atom. The number of anilines is 3. The van der Waals surface area contributed by atoms with Gasteiger partial charge in [-0.05, 0) is 89.1 Å². The van der Waals surface area contributed by atoms with Gasteiger partial charge in [0, 0.05) is 11.8 Å². The molecule has 0 spiro atoms. The molecule has 8 heteroatoms. The van der Waals surface area contributed by atoms with Gasteiger partial charge in [-0.25, -0.2) is 19.5 Å². The van der Waals surface area contributed by atoms with E-state index in [1.165, 1.54) is 4.90 Å². The van der Waals surface area contributed by atoms with Crippen LogP contribution in [0, 0.1) is 5.92 Å². The van der Waals surface area contributed by atoms with Gasteiger partial charge in [0.25, 0.3) is 0 Å². The number of ether oxygens (including phenoxy) is 3. The van der Waals surface area contributed by atoms with Crippen molar-refractivity contribution in [2.24, 2.45) is 5.92 Å². The molecule has 2 aromatic carbocycles. The third-order valence-corrected chi connectivity index (χ3v) is 6.92. The van der Waals surface area contributed by atoms with E-state index < -0.39 is 23.4 Å². The minimum atomic E-state index is -0.718. The molecule has 41 heavy (non-hydrogen) atoms. The Morgan fingerprint density at radius 2 is 1.59 bits per heavy atom. The maximum absolute atomic E-state index is 13.6. The number of hydrogen-bond acceptors (Lipinski definition) is 6. The number of carbonyl (C=O) groups is 2. The molecule has 216 valence electrons. The van der Waals surface area contributed by atoms with Crippen LogP contribution in [-0.4, -0.2) is 35.0 Å². The van der Waals surface area contributed by atoms with Gasteiger partial charge in [-0.3, -0.25) is 4.90 Å². The highest BCUT2D eigenvalue weighted by atomic mass is 16.6. The maximum Gasteiger partial charge on any atom is 0.420 e. The van der Waals surface area contributed by atoms with E-state index in [0.29, 0.717) is 47.8 Å². The first-order chi connectivity index (χ1) is 19.4. The van der Waals surface area contributed by atoms with Crippen molar-refractivity contribution in [3.8, 4) is 0 Å². The summed E-state index contributed by atoms with van der Waals surface area (Å²) in [5.74, 6) is 1.12. The Bertz CT molecular complexity index is 1410. The van der Waals surface area contributed by atoms with Crippen molar-refractivity contribution in [3.05, 3.63) is 83.6 Å². The third kappa shape index (κ3) is 6.88. The Balaban J connectivity index is 1.48. The first-order valence-electron chi connectivity index (χ1n) is 14.1. The molecule has 1 aliphatic carbocycles. The second-order valence-electron chi connectivity index (χ2n) is 12.7. The molecule has 2 unspecified atom stereocenters. The maximum atomic E-state index is 13.6. The highest BCUT2D eigenvalue weighted by Crippen LogP contribution is 2.50. The lowest BCUT2D eigenvalue weighted by molar-refractivity contribution is 0.0571. The molecule has 1 fully saturated rings. The van der Waals surface area contributed by atoms with E-state index in [2.05, 4.69) is 17.1 Å². The van der Waals surface area contributed by atoms with Crippen molar-refractivity contribution >= 4 is 29.4 Å². The number of rotatable bonds is 5.